The van der Waals surface area contributed by atoms with E-state index in [1.807, 2.05) is 41.3 Å². The minimum absolute atomic E-state index is 0.0455. The molecule has 3 aromatic rings. The molecule has 1 heterocycles. The maximum atomic E-state index is 13.7. The van der Waals surface area contributed by atoms with Crippen LogP contribution in [-0.4, -0.2) is 55.0 Å². The summed E-state index contributed by atoms with van der Waals surface area (Å²) in [5.41, 5.74) is 9.57. The van der Waals surface area contributed by atoms with Gasteiger partial charge in [0.15, 0.2) is 0 Å². The quantitative estimate of drug-likeness (QED) is 0.323. The first-order valence-corrected chi connectivity index (χ1v) is 13.9. The lowest BCUT2D eigenvalue weighted by molar-refractivity contribution is -0.133. The van der Waals surface area contributed by atoms with Gasteiger partial charge >= 0.3 is 0 Å². The van der Waals surface area contributed by atoms with Crippen molar-refractivity contribution in [1.29, 1.82) is 5.26 Å². The molecule has 1 aliphatic rings. The van der Waals surface area contributed by atoms with Crippen LogP contribution in [0.1, 0.15) is 47.4 Å². The molecule has 2 amide bonds. The van der Waals surface area contributed by atoms with Gasteiger partial charge in [0.1, 0.15) is 0 Å². The zero-order valence-corrected chi connectivity index (χ0v) is 22.7. The van der Waals surface area contributed by atoms with Gasteiger partial charge in [0.25, 0.3) is 0 Å². The van der Waals surface area contributed by atoms with Gasteiger partial charge in [-0.1, -0.05) is 72.8 Å². The van der Waals surface area contributed by atoms with Crippen LogP contribution in [0.15, 0.2) is 91.0 Å². The standard InChI is InChI=1S/C33H37N5O2/c34-20-7-12-31-33(40)38(24-30(27-8-3-1-4-9-27)28-10-5-2-6-11-28)21-19-29(37-31)23-36-32(39)18-17-25-13-15-26(22-35)16-14-25/h1-6,8-11,13-18,29-31,37H,7,12,19-21,23-24,34H2,(H,36,39)/t29-,31-/m0/s1. The number of carbonyl (C=O) groups is 2. The van der Waals surface area contributed by atoms with Crippen LogP contribution in [0.5, 0.6) is 0 Å². The van der Waals surface area contributed by atoms with Crippen LogP contribution in [-0.2, 0) is 9.59 Å². The zero-order valence-electron chi connectivity index (χ0n) is 22.7. The monoisotopic (exact) mass is 535 g/mol. The molecule has 0 radical (unpaired) electrons. The molecule has 0 aliphatic carbocycles. The molecule has 4 N–H and O–H groups in total. The Bertz CT molecular complexity index is 1260. The number of hydrogen-bond acceptors (Lipinski definition) is 5. The Morgan fingerprint density at radius 1 is 1.05 bits per heavy atom. The van der Waals surface area contributed by atoms with E-state index in [9.17, 15) is 9.59 Å². The molecular formula is C33H37N5O2. The number of nitrogens with two attached hydrogens (primary N) is 1. The second kappa shape index (κ2) is 14.8. The molecular weight excluding hydrogens is 498 g/mol. The minimum Gasteiger partial charge on any atom is -0.351 e. The highest BCUT2D eigenvalue weighted by molar-refractivity contribution is 5.91. The highest BCUT2D eigenvalue weighted by atomic mass is 16.2. The second-order valence-electron chi connectivity index (χ2n) is 10.1. The number of rotatable bonds is 11. The molecule has 1 saturated heterocycles. The van der Waals surface area contributed by atoms with Gasteiger partial charge in [-0.05, 0) is 60.7 Å². The molecule has 0 unspecified atom stereocenters. The van der Waals surface area contributed by atoms with Crippen LogP contribution >= 0.6 is 0 Å². The predicted octanol–water partition coefficient (Wildman–Crippen LogP) is 3.82. The number of nitriles is 1. The molecule has 2 atom stereocenters. The third-order valence-electron chi connectivity index (χ3n) is 7.29. The van der Waals surface area contributed by atoms with E-state index in [2.05, 4.69) is 41.0 Å². The topological polar surface area (TPSA) is 111 Å². The maximum absolute atomic E-state index is 13.7. The number of carbonyl (C=O) groups excluding carboxylic acids is 2. The lowest BCUT2D eigenvalue weighted by Gasteiger charge is -2.29. The van der Waals surface area contributed by atoms with E-state index < -0.39 is 0 Å². The average molecular weight is 536 g/mol. The van der Waals surface area contributed by atoms with Crippen molar-refractivity contribution in [1.82, 2.24) is 15.5 Å². The third-order valence-corrected chi connectivity index (χ3v) is 7.29. The van der Waals surface area contributed by atoms with E-state index in [0.29, 0.717) is 38.2 Å². The summed E-state index contributed by atoms with van der Waals surface area (Å²) < 4.78 is 0. The fourth-order valence-electron chi connectivity index (χ4n) is 5.07. The van der Waals surface area contributed by atoms with Crippen molar-refractivity contribution in [2.75, 3.05) is 26.2 Å². The molecule has 0 saturated carbocycles. The summed E-state index contributed by atoms with van der Waals surface area (Å²) in [7, 11) is 0. The Kier molecular flexibility index (Phi) is 10.6. The van der Waals surface area contributed by atoms with Crippen molar-refractivity contribution in [3.05, 3.63) is 113 Å². The van der Waals surface area contributed by atoms with Gasteiger partial charge in [0, 0.05) is 37.7 Å². The molecule has 4 rings (SSSR count). The SMILES string of the molecule is N#Cc1ccc(C=CC(=O)NC[C@@H]2CCN(CC(c3ccccc3)c3ccccc3)C(=O)[C@H](CCCN)N2)cc1. The number of amides is 2. The normalized spacial score (nSPS) is 17.5. The number of nitrogens with zero attached hydrogens (tertiary/aromatic N) is 2. The lowest BCUT2D eigenvalue weighted by Crippen LogP contribution is -2.49. The van der Waals surface area contributed by atoms with Crippen LogP contribution in [0.3, 0.4) is 0 Å². The number of benzene rings is 3. The Hall–Kier alpha value is -4.25. The fraction of sp³-hybridized carbons (Fsp3) is 0.303. The summed E-state index contributed by atoms with van der Waals surface area (Å²) in [6.07, 6.45) is 5.33. The number of hydrogen-bond donors (Lipinski definition) is 3. The first kappa shape index (κ1) is 28.8. The van der Waals surface area contributed by atoms with E-state index in [4.69, 9.17) is 11.0 Å². The van der Waals surface area contributed by atoms with Crippen LogP contribution in [0.4, 0.5) is 0 Å². The van der Waals surface area contributed by atoms with Gasteiger partial charge in [0.05, 0.1) is 17.7 Å². The largest absolute Gasteiger partial charge is 0.351 e. The summed E-state index contributed by atoms with van der Waals surface area (Å²) in [6, 6.07) is 29.4. The lowest BCUT2D eigenvalue weighted by atomic mass is 9.90. The van der Waals surface area contributed by atoms with Gasteiger partial charge in [-0.3, -0.25) is 9.59 Å². The summed E-state index contributed by atoms with van der Waals surface area (Å²) >= 11 is 0. The van der Waals surface area contributed by atoms with E-state index >= 15 is 0 Å². The summed E-state index contributed by atoms with van der Waals surface area (Å²) in [5.74, 6) is -0.0599. The number of nitrogens with one attached hydrogen (secondary N) is 2. The van der Waals surface area contributed by atoms with Gasteiger partial charge in [-0.15, -0.1) is 0 Å². The van der Waals surface area contributed by atoms with E-state index in [-0.39, 0.29) is 29.8 Å². The second-order valence-corrected chi connectivity index (χ2v) is 10.1. The first-order chi connectivity index (χ1) is 19.6. The van der Waals surface area contributed by atoms with Crippen molar-refractivity contribution in [2.45, 2.75) is 37.3 Å². The van der Waals surface area contributed by atoms with Crippen molar-refractivity contribution >= 4 is 17.9 Å². The highest BCUT2D eigenvalue weighted by Gasteiger charge is 2.32. The van der Waals surface area contributed by atoms with Gasteiger partial charge in [-0.25, -0.2) is 0 Å². The van der Waals surface area contributed by atoms with E-state index in [1.165, 1.54) is 17.2 Å². The average Bonchev–Trinajstić information content (AvgIpc) is 3.15. The summed E-state index contributed by atoms with van der Waals surface area (Å²) in [5, 5.41) is 15.4. The van der Waals surface area contributed by atoms with Crippen LogP contribution < -0.4 is 16.4 Å². The highest BCUT2D eigenvalue weighted by Crippen LogP contribution is 2.27. The Morgan fingerprint density at radius 3 is 2.30 bits per heavy atom. The summed E-state index contributed by atoms with van der Waals surface area (Å²) in [4.78, 5) is 28.3. The van der Waals surface area contributed by atoms with Crippen molar-refractivity contribution < 1.29 is 9.59 Å². The molecule has 7 heteroatoms. The molecule has 0 spiro atoms. The summed E-state index contributed by atoms with van der Waals surface area (Å²) in [6.45, 7) is 2.12. The van der Waals surface area contributed by atoms with Crippen LogP contribution in [0.25, 0.3) is 6.08 Å². The Balaban J connectivity index is 1.43. The molecule has 0 bridgehead atoms. The van der Waals surface area contributed by atoms with Crippen molar-refractivity contribution in [3.8, 4) is 6.07 Å². The zero-order chi connectivity index (χ0) is 28.2. The molecule has 1 aliphatic heterocycles. The predicted molar refractivity (Wildman–Crippen MR) is 158 cm³/mol. The smallest absolute Gasteiger partial charge is 0.244 e. The molecule has 1 fully saturated rings. The molecule has 40 heavy (non-hydrogen) atoms. The van der Waals surface area contributed by atoms with Gasteiger partial charge in [-0.2, -0.15) is 5.26 Å². The van der Waals surface area contributed by atoms with Crippen LogP contribution in [0.2, 0.25) is 0 Å². The van der Waals surface area contributed by atoms with E-state index in [1.54, 1.807) is 30.3 Å². The van der Waals surface area contributed by atoms with Crippen LogP contribution in [0, 0.1) is 11.3 Å². The van der Waals surface area contributed by atoms with Crippen molar-refractivity contribution in [3.63, 3.8) is 0 Å². The third kappa shape index (κ3) is 8.12. The first-order valence-electron chi connectivity index (χ1n) is 13.9. The minimum atomic E-state index is -0.352. The molecule has 7 nitrogen and oxygen atoms in total. The van der Waals surface area contributed by atoms with E-state index in [0.717, 1.165) is 18.4 Å². The Labute approximate surface area is 236 Å². The maximum Gasteiger partial charge on any atom is 0.244 e. The van der Waals surface area contributed by atoms with Gasteiger partial charge in [0.2, 0.25) is 11.8 Å². The van der Waals surface area contributed by atoms with Crippen molar-refractivity contribution in [2.24, 2.45) is 5.73 Å². The molecule has 206 valence electrons. The fourth-order valence-corrected chi connectivity index (χ4v) is 5.07. The molecule has 0 aromatic heterocycles. The molecule has 3 aromatic carbocycles. The Morgan fingerprint density at radius 2 is 1.70 bits per heavy atom. The van der Waals surface area contributed by atoms with Gasteiger partial charge < -0.3 is 21.3 Å².